The van der Waals surface area contributed by atoms with Gasteiger partial charge in [-0.15, -0.1) is 0 Å². The molecule has 1 aromatic carbocycles. The van der Waals surface area contributed by atoms with Crippen LogP contribution in [0, 0.1) is 18.7 Å². The highest BCUT2D eigenvalue weighted by molar-refractivity contribution is 5.23. The Balaban J connectivity index is 1.92. The molecule has 0 aliphatic heterocycles. The van der Waals surface area contributed by atoms with Crippen molar-refractivity contribution in [1.29, 1.82) is 0 Å². The lowest BCUT2D eigenvalue weighted by Crippen LogP contribution is -2.27. The van der Waals surface area contributed by atoms with Crippen molar-refractivity contribution in [3.63, 3.8) is 0 Å². The van der Waals surface area contributed by atoms with Crippen molar-refractivity contribution in [3.8, 4) is 0 Å². The number of hydrogen-bond acceptors (Lipinski definition) is 1. The van der Waals surface area contributed by atoms with Crippen molar-refractivity contribution in [3.05, 3.63) is 35.1 Å². The maximum atomic E-state index is 13.2. The zero-order valence-electron chi connectivity index (χ0n) is 10.1. The first-order valence-corrected chi connectivity index (χ1v) is 6.12. The summed E-state index contributed by atoms with van der Waals surface area (Å²) in [4.78, 5) is 0. The van der Waals surface area contributed by atoms with Gasteiger partial charge in [-0.05, 0) is 68.8 Å². The fourth-order valence-electron chi connectivity index (χ4n) is 2.39. The van der Waals surface area contributed by atoms with E-state index in [2.05, 4.69) is 11.4 Å². The van der Waals surface area contributed by atoms with Crippen molar-refractivity contribution in [1.82, 2.24) is 5.32 Å². The van der Waals surface area contributed by atoms with Gasteiger partial charge in [-0.25, -0.2) is 4.39 Å². The van der Waals surface area contributed by atoms with E-state index in [1.54, 1.807) is 12.1 Å². The third-order valence-electron chi connectivity index (χ3n) is 3.41. The summed E-state index contributed by atoms with van der Waals surface area (Å²) in [5.41, 5.74) is 2.14. The van der Waals surface area contributed by atoms with Gasteiger partial charge in [0.05, 0.1) is 0 Å². The summed E-state index contributed by atoms with van der Waals surface area (Å²) in [5, 5.41) is 3.37. The smallest absolute Gasteiger partial charge is 0.123 e. The summed E-state index contributed by atoms with van der Waals surface area (Å²) in [7, 11) is 2.03. The highest BCUT2D eigenvalue weighted by Crippen LogP contribution is 2.34. The summed E-state index contributed by atoms with van der Waals surface area (Å²) < 4.78 is 13.2. The van der Waals surface area contributed by atoms with Gasteiger partial charge in [0.2, 0.25) is 0 Å². The average Bonchev–Trinajstić information content (AvgIpc) is 3.01. The molecule has 0 bridgehead atoms. The lowest BCUT2D eigenvalue weighted by atomic mass is 10.0. The van der Waals surface area contributed by atoms with Crippen LogP contribution in [-0.2, 0) is 6.42 Å². The van der Waals surface area contributed by atoms with Gasteiger partial charge in [0.1, 0.15) is 5.82 Å². The van der Waals surface area contributed by atoms with E-state index in [0.29, 0.717) is 6.04 Å². The molecule has 88 valence electrons. The molecule has 0 spiro atoms. The predicted molar refractivity (Wildman–Crippen MR) is 65.0 cm³/mol. The Morgan fingerprint density at radius 3 is 2.69 bits per heavy atom. The average molecular weight is 221 g/mol. The van der Waals surface area contributed by atoms with E-state index in [0.717, 1.165) is 29.9 Å². The molecule has 2 heteroatoms. The Kier molecular flexibility index (Phi) is 3.59. The first-order chi connectivity index (χ1) is 7.69. The normalized spacial score (nSPS) is 17.4. The van der Waals surface area contributed by atoms with Crippen LogP contribution in [0.15, 0.2) is 18.2 Å². The standard InChI is InChI=1S/C14H20FN/c1-10-7-11(9-13(15)8-10)3-6-14(16-2)12-4-5-12/h7-9,12,14,16H,3-6H2,1-2H3. The van der Waals surface area contributed by atoms with Gasteiger partial charge in [0.25, 0.3) is 0 Å². The van der Waals surface area contributed by atoms with Gasteiger partial charge >= 0.3 is 0 Å². The minimum absolute atomic E-state index is 0.109. The van der Waals surface area contributed by atoms with E-state index in [1.165, 1.54) is 12.8 Å². The van der Waals surface area contributed by atoms with E-state index in [9.17, 15) is 4.39 Å². The number of halogens is 1. The topological polar surface area (TPSA) is 12.0 Å². The van der Waals surface area contributed by atoms with Gasteiger partial charge in [0.15, 0.2) is 0 Å². The minimum Gasteiger partial charge on any atom is -0.317 e. The number of benzene rings is 1. The molecule has 1 aliphatic rings. The van der Waals surface area contributed by atoms with E-state index in [4.69, 9.17) is 0 Å². The van der Waals surface area contributed by atoms with Crippen molar-refractivity contribution < 1.29 is 4.39 Å². The molecular weight excluding hydrogens is 201 g/mol. The summed E-state index contributed by atoms with van der Waals surface area (Å²) in [6.07, 6.45) is 4.80. The first-order valence-electron chi connectivity index (χ1n) is 6.12. The lowest BCUT2D eigenvalue weighted by molar-refractivity contribution is 0.470. The van der Waals surface area contributed by atoms with Crippen LogP contribution >= 0.6 is 0 Å². The van der Waals surface area contributed by atoms with Gasteiger partial charge < -0.3 is 5.32 Å². The molecule has 0 heterocycles. The summed E-state index contributed by atoms with van der Waals surface area (Å²) in [6.45, 7) is 1.95. The highest BCUT2D eigenvalue weighted by atomic mass is 19.1. The third-order valence-corrected chi connectivity index (χ3v) is 3.41. The van der Waals surface area contributed by atoms with Crippen LogP contribution in [0.3, 0.4) is 0 Å². The first kappa shape index (κ1) is 11.6. The predicted octanol–water partition coefficient (Wildman–Crippen LogP) is 3.06. The molecule has 1 N–H and O–H groups in total. The van der Waals surface area contributed by atoms with E-state index < -0.39 is 0 Å². The molecule has 1 saturated carbocycles. The molecular formula is C14H20FN. The molecule has 0 saturated heterocycles. The second-order valence-electron chi connectivity index (χ2n) is 4.91. The van der Waals surface area contributed by atoms with Crippen LogP contribution in [-0.4, -0.2) is 13.1 Å². The number of rotatable bonds is 5. The minimum atomic E-state index is -0.109. The Morgan fingerprint density at radius 1 is 1.38 bits per heavy atom. The zero-order chi connectivity index (χ0) is 11.5. The second-order valence-corrected chi connectivity index (χ2v) is 4.91. The van der Waals surface area contributed by atoms with Crippen molar-refractivity contribution in [2.24, 2.45) is 5.92 Å². The fourth-order valence-corrected chi connectivity index (χ4v) is 2.39. The molecule has 1 nitrogen and oxygen atoms in total. The summed E-state index contributed by atoms with van der Waals surface area (Å²) in [5.74, 6) is 0.752. The summed E-state index contributed by atoms with van der Waals surface area (Å²) in [6, 6.07) is 5.94. The van der Waals surface area contributed by atoms with Gasteiger partial charge in [-0.3, -0.25) is 0 Å². The molecule has 0 amide bonds. The molecule has 1 fully saturated rings. The second kappa shape index (κ2) is 4.96. The Bertz CT molecular complexity index is 338. The molecule has 16 heavy (non-hydrogen) atoms. The Hall–Kier alpha value is -0.890. The Labute approximate surface area is 97.1 Å². The highest BCUT2D eigenvalue weighted by Gasteiger charge is 2.29. The van der Waals surface area contributed by atoms with Crippen LogP contribution in [0.2, 0.25) is 0 Å². The maximum absolute atomic E-state index is 13.2. The largest absolute Gasteiger partial charge is 0.317 e. The molecule has 1 unspecified atom stereocenters. The molecule has 1 atom stereocenters. The molecule has 0 aromatic heterocycles. The molecule has 1 aromatic rings. The van der Waals surface area contributed by atoms with Crippen LogP contribution in [0.25, 0.3) is 0 Å². The van der Waals surface area contributed by atoms with Gasteiger partial charge in [0, 0.05) is 6.04 Å². The van der Waals surface area contributed by atoms with E-state index in [1.807, 2.05) is 14.0 Å². The van der Waals surface area contributed by atoms with Crippen LogP contribution in [0.5, 0.6) is 0 Å². The molecule has 1 aliphatic carbocycles. The summed E-state index contributed by atoms with van der Waals surface area (Å²) >= 11 is 0. The van der Waals surface area contributed by atoms with Crippen molar-refractivity contribution in [2.45, 2.75) is 38.6 Å². The van der Waals surface area contributed by atoms with Crippen molar-refractivity contribution >= 4 is 0 Å². The molecule has 2 rings (SSSR count). The van der Waals surface area contributed by atoms with Crippen LogP contribution in [0.1, 0.15) is 30.4 Å². The number of nitrogens with one attached hydrogen (secondary N) is 1. The van der Waals surface area contributed by atoms with Gasteiger partial charge in [-0.1, -0.05) is 6.07 Å². The van der Waals surface area contributed by atoms with Crippen molar-refractivity contribution in [2.75, 3.05) is 7.05 Å². The number of hydrogen-bond donors (Lipinski definition) is 1. The Morgan fingerprint density at radius 2 is 2.12 bits per heavy atom. The third kappa shape index (κ3) is 3.05. The fraction of sp³-hybridized carbons (Fsp3) is 0.571. The lowest BCUT2D eigenvalue weighted by Gasteiger charge is -2.15. The monoisotopic (exact) mass is 221 g/mol. The quantitative estimate of drug-likeness (QED) is 0.805. The zero-order valence-corrected chi connectivity index (χ0v) is 10.1. The van der Waals surface area contributed by atoms with Gasteiger partial charge in [-0.2, -0.15) is 0 Å². The van der Waals surface area contributed by atoms with Crippen LogP contribution in [0.4, 0.5) is 4.39 Å². The van der Waals surface area contributed by atoms with E-state index in [-0.39, 0.29) is 5.82 Å². The van der Waals surface area contributed by atoms with Crippen LogP contribution < -0.4 is 5.32 Å². The molecule has 0 radical (unpaired) electrons. The van der Waals surface area contributed by atoms with E-state index >= 15 is 0 Å². The number of aryl methyl sites for hydroxylation is 2. The SMILES string of the molecule is CNC(CCc1cc(C)cc(F)c1)C1CC1. The maximum Gasteiger partial charge on any atom is 0.123 e.